The van der Waals surface area contributed by atoms with Gasteiger partial charge in [0.2, 0.25) is 0 Å². The van der Waals surface area contributed by atoms with E-state index in [1.807, 2.05) is 20.8 Å². The minimum Gasteiger partial charge on any atom is -0.465 e. The summed E-state index contributed by atoms with van der Waals surface area (Å²) in [7, 11) is 0. The van der Waals surface area contributed by atoms with Gasteiger partial charge in [-0.25, -0.2) is 0 Å². The van der Waals surface area contributed by atoms with Crippen LogP contribution in [-0.4, -0.2) is 36.7 Å². The van der Waals surface area contributed by atoms with E-state index in [-0.39, 0.29) is 29.0 Å². The quantitative estimate of drug-likeness (QED) is 0.165. The van der Waals surface area contributed by atoms with Crippen LogP contribution in [0.2, 0.25) is 0 Å². The third-order valence-corrected chi connectivity index (χ3v) is 12.0. The molecule has 222 valence electrons. The second-order valence-electron chi connectivity index (χ2n) is 15.0. The van der Waals surface area contributed by atoms with Crippen molar-refractivity contribution in [3.05, 3.63) is 0 Å². The van der Waals surface area contributed by atoms with Gasteiger partial charge in [-0.3, -0.25) is 14.4 Å². The van der Waals surface area contributed by atoms with Crippen molar-refractivity contribution >= 4 is 18.9 Å². The van der Waals surface area contributed by atoms with Gasteiger partial charge in [0.25, 0.3) is 12.9 Å². The summed E-state index contributed by atoms with van der Waals surface area (Å²) in [5.41, 5.74) is -0.00798. The Balaban J connectivity index is 1.52. The Kier molecular flexibility index (Phi) is 9.13. The molecule has 0 saturated heterocycles. The SMILES string of the molecule is CC[C@H]1C(OC=O)[C@@H]2[C@H](CCC3(C)C([C@H](C)CCCC(=O)OC(C)(C)C)CC[C@@H]23)C2(C)CC[C@@H](OC=O)CC12. The van der Waals surface area contributed by atoms with Crippen LogP contribution in [0.25, 0.3) is 0 Å². The molecule has 4 saturated carbocycles. The lowest BCUT2D eigenvalue weighted by atomic mass is 9.41. The molecule has 0 spiro atoms. The predicted octanol–water partition coefficient (Wildman–Crippen LogP) is 7.12. The molecule has 6 heteroatoms. The number of carbonyl (C=O) groups excluding carboxylic acids is 3. The van der Waals surface area contributed by atoms with E-state index in [0.29, 0.717) is 60.8 Å². The van der Waals surface area contributed by atoms with Crippen molar-refractivity contribution in [3.63, 3.8) is 0 Å². The first-order valence-electron chi connectivity index (χ1n) is 15.8. The van der Waals surface area contributed by atoms with Crippen LogP contribution in [0.15, 0.2) is 0 Å². The van der Waals surface area contributed by atoms with Crippen molar-refractivity contribution in [1.29, 1.82) is 0 Å². The molecule has 0 aliphatic heterocycles. The number of esters is 1. The Hall–Kier alpha value is -1.59. The number of ether oxygens (including phenoxy) is 3. The zero-order chi connectivity index (χ0) is 28.6. The summed E-state index contributed by atoms with van der Waals surface area (Å²) in [5.74, 6) is 3.26. The Bertz CT molecular complexity index is 880. The lowest BCUT2D eigenvalue weighted by Gasteiger charge is -2.65. The molecule has 0 heterocycles. The fraction of sp³-hybridized carbons (Fsp3) is 0.909. The van der Waals surface area contributed by atoms with Crippen molar-refractivity contribution in [2.24, 2.45) is 52.3 Å². The van der Waals surface area contributed by atoms with Gasteiger partial charge in [-0.05, 0) is 131 Å². The van der Waals surface area contributed by atoms with Crippen LogP contribution in [0.1, 0.15) is 119 Å². The maximum atomic E-state index is 12.3. The predicted molar refractivity (Wildman–Crippen MR) is 150 cm³/mol. The van der Waals surface area contributed by atoms with E-state index in [2.05, 4.69) is 27.7 Å². The van der Waals surface area contributed by atoms with E-state index in [9.17, 15) is 14.4 Å². The fourth-order valence-corrected chi connectivity index (χ4v) is 10.5. The van der Waals surface area contributed by atoms with E-state index >= 15 is 0 Å². The summed E-state index contributed by atoms with van der Waals surface area (Å²) in [6.07, 6.45) is 11.0. The first-order valence-corrected chi connectivity index (χ1v) is 15.8. The molecule has 0 amide bonds. The van der Waals surface area contributed by atoms with E-state index in [0.717, 1.165) is 38.5 Å². The van der Waals surface area contributed by atoms with Crippen LogP contribution in [0, 0.1) is 52.3 Å². The zero-order valence-electron chi connectivity index (χ0n) is 25.6. The van der Waals surface area contributed by atoms with Crippen LogP contribution in [0.3, 0.4) is 0 Å². The van der Waals surface area contributed by atoms with Gasteiger partial charge in [0.05, 0.1) is 0 Å². The molecule has 0 N–H and O–H groups in total. The lowest BCUT2D eigenvalue weighted by molar-refractivity contribution is -0.213. The van der Waals surface area contributed by atoms with Crippen LogP contribution >= 0.6 is 0 Å². The zero-order valence-corrected chi connectivity index (χ0v) is 25.6. The van der Waals surface area contributed by atoms with Gasteiger partial charge < -0.3 is 14.2 Å². The lowest BCUT2D eigenvalue weighted by Crippen LogP contribution is -2.62. The molecule has 0 radical (unpaired) electrons. The molecule has 0 aromatic rings. The fourth-order valence-electron chi connectivity index (χ4n) is 10.5. The highest BCUT2D eigenvalue weighted by molar-refractivity contribution is 5.69. The molecule has 5 unspecified atom stereocenters. The molecule has 6 nitrogen and oxygen atoms in total. The Morgan fingerprint density at radius 3 is 2.26 bits per heavy atom. The van der Waals surface area contributed by atoms with Crippen LogP contribution in [-0.2, 0) is 28.6 Å². The molecule has 0 bridgehead atoms. The maximum absolute atomic E-state index is 12.3. The van der Waals surface area contributed by atoms with Crippen molar-refractivity contribution in [1.82, 2.24) is 0 Å². The van der Waals surface area contributed by atoms with Crippen LogP contribution in [0.5, 0.6) is 0 Å². The van der Waals surface area contributed by atoms with Crippen LogP contribution < -0.4 is 0 Å². The summed E-state index contributed by atoms with van der Waals surface area (Å²) in [5, 5.41) is 0. The summed E-state index contributed by atoms with van der Waals surface area (Å²) >= 11 is 0. The molecule has 0 aromatic carbocycles. The van der Waals surface area contributed by atoms with E-state index in [1.54, 1.807) is 0 Å². The molecular weight excluding hydrogens is 492 g/mol. The average molecular weight is 547 g/mol. The molecule has 0 aromatic heterocycles. The highest BCUT2D eigenvalue weighted by atomic mass is 16.6. The van der Waals surface area contributed by atoms with Gasteiger partial charge in [0, 0.05) is 12.3 Å². The number of carbonyl (C=O) groups is 3. The minimum absolute atomic E-state index is 0.0192. The highest BCUT2D eigenvalue weighted by Gasteiger charge is 2.65. The summed E-state index contributed by atoms with van der Waals surface area (Å²) in [4.78, 5) is 35.3. The first-order chi connectivity index (χ1) is 18.4. The third-order valence-electron chi connectivity index (χ3n) is 12.0. The topological polar surface area (TPSA) is 78.9 Å². The molecule has 11 atom stereocenters. The van der Waals surface area contributed by atoms with Crippen LogP contribution in [0.4, 0.5) is 0 Å². The second kappa shape index (κ2) is 11.7. The number of fused-ring (bicyclic) bond motifs is 5. The maximum Gasteiger partial charge on any atom is 0.306 e. The van der Waals surface area contributed by atoms with Crippen molar-refractivity contribution in [2.75, 3.05) is 0 Å². The monoisotopic (exact) mass is 546 g/mol. The second-order valence-corrected chi connectivity index (χ2v) is 15.0. The molecule has 4 aliphatic carbocycles. The van der Waals surface area contributed by atoms with E-state index in [1.165, 1.54) is 25.7 Å². The van der Waals surface area contributed by atoms with Gasteiger partial charge in [-0.1, -0.05) is 27.7 Å². The van der Waals surface area contributed by atoms with E-state index < -0.39 is 5.60 Å². The highest BCUT2D eigenvalue weighted by Crippen LogP contribution is 2.70. The normalized spacial score (nSPS) is 42.3. The summed E-state index contributed by atoms with van der Waals surface area (Å²) in [6, 6.07) is 0. The summed E-state index contributed by atoms with van der Waals surface area (Å²) in [6.45, 7) is 16.7. The van der Waals surface area contributed by atoms with Gasteiger partial charge >= 0.3 is 5.97 Å². The molecule has 4 rings (SSSR count). The Labute approximate surface area is 236 Å². The standard InChI is InChI=1S/C33H54O6/c1-8-23-27-18-22(37-19-34)14-16-33(27,7)26-15-17-32(6)24(12-13-25(32)29(26)30(23)38-20-35)21(2)10-9-11-28(36)39-31(3,4)5/h19-27,29-30H,8-18H2,1-7H3/t21-,22-,23-,24?,25+,26+,27?,29+,30?,32?,33?/m1/s1. The van der Waals surface area contributed by atoms with Crippen molar-refractivity contribution in [2.45, 2.75) is 137 Å². The smallest absolute Gasteiger partial charge is 0.306 e. The number of hydrogen-bond donors (Lipinski definition) is 0. The number of hydrogen-bond acceptors (Lipinski definition) is 6. The molecular formula is C33H54O6. The first kappa shape index (κ1) is 30.4. The van der Waals surface area contributed by atoms with Gasteiger partial charge in [-0.15, -0.1) is 0 Å². The van der Waals surface area contributed by atoms with E-state index in [4.69, 9.17) is 14.2 Å². The molecule has 39 heavy (non-hydrogen) atoms. The minimum atomic E-state index is -0.430. The third kappa shape index (κ3) is 5.77. The largest absolute Gasteiger partial charge is 0.465 e. The molecule has 4 aliphatic rings. The summed E-state index contributed by atoms with van der Waals surface area (Å²) < 4.78 is 17.1. The Morgan fingerprint density at radius 1 is 0.949 bits per heavy atom. The molecule has 4 fully saturated rings. The number of rotatable bonds is 10. The average Bonchev–Trinajstić information content (AvgIpc) is 3.21. The van der Waals surface area contributed by atoms with Gasteiger partial charge in [0.1, 0.15) is 17.8 Å². The van der Waals surface area contributed by atoms with Crippen molar-refractivity contribution in [3.8, 4) is 0 Å². The van der Waals surface area contributed by atoms with Gasteiger partial charge in [-0.2, -0.15) is 0 Å². The van der Waals surface area contributed by atoms with Crippen molar-refractivity contribution < 1.29 is 28.6 Å². The Morgan fingerprint density at radius 2 is 1.62 bits per heavy atom. The van der Waals surface area contributed by atoms with Gasteiger partial charge in [0.15, 0.2) is 0 Å².